The molecule has 1 N–H and O–H groups in total. The Balaban J connectivity index is 1.34. The molecule has 2 aromatic rings. The topological polar surface area (TPSA) is 75.2 Å². The molecule has 0 bridgehead atoms. The van der Waals surface area contributed by atoms with Crippen molar-refractivity contribution in [2.45, 2.75) is 32.2 Å². The standard InChI is InChI=1S/C17H24N4O2S2/c1-12-19-16(15-4-8-24-17(15)20-12)21-6-2-14(3-7-21)18-10-13-5-9-25(22,23)11-13/h4,8,13-14,18H,2-3,5-7,9-11H2,1H3. The van der Waals surface area contributed by atoms with Crippen molar-refractivity contribution in [3.05, 3.63) is 17.3 Å². The van der Waals surface area contributed by atoms with Crippen LogP contribution < -0.4 is 10.2 Å². The maximum atomic E-state index is 11.6. The highest BCUT2D eigenvalue weighted by atomic mass is 32.2. The van der Waals surface area contributed by atoms with Crippen LogP contribution in [0.5, 0.6) is 0 Å². The Morgan fingerprint density at radius 3 is 2.80 bits per heavy atom. The third-order valence-corrected chi connectivity index (χ3v) is 7.88. The Morgan fingerprint density at radius 2 is 2.08 bits per heavy atom. The Hall–Kier alpha value is -1.25. The number of fused-ring (bicyclic) bond motifs is 1. The largest absolute Gasteiger partial charge is 0.356 e. The highest BCUT2D eigenvalue weighted by molar-refractivity contribution is 7.91. The number of sulfone groups is 1. The van der Waals surface area contributed by atoms with Gasteiger partial charge in [0.1, 0.15) is 16.5 Å². The van der Waals surface area contributed by atoms with E-state index in [9.17, 15) is 8.42 Å². The monoisotopic (exact) mass is 380 g/mol. The lowest BCUT2D eigenvalue weighted by Gasteiger charge is -2.34. The van der Waals surface area contributed by atoms with Crippen LogP contribution in [0, 0.1) is 12.8 Å². The quantitative estimate of drug-likeness (QED) is 0.874. The summed E-state index contributed by atoms with van der Waals surface area (Å²) in [7, 11) is -2.77. The molecule has 25 heavy (non-hydrogen) atoms. The van der Waals surface area contributed by atoms with E-state index in [1.165, 1.54) is 0 Å². The molecule has 1 atom stereocenters. The molecule has 0 spiro atoms. The van der Waals surface area contributed by atoms with E-state index in [0.29, 0.717) is 17.5 Å². The lowest BCUT2D eigenvalue weighted by atomic mass is 10.0. The second-order valence-electron chi connectivity index (χ2n) is 7.17. The lowest BCUT2D eigenvalue weighted by molar-refractivity contribution is 0.385. The van der Waals surface area contributed by atoms with Crippen LogP contribution >= 0.6 is 11.3 Å². The molecule has 2 aliphatic rings. The molecule has 0 radical (unpaired) electrons. The molecule has 2 saturated heterocycles. The highest BCUT2D eigenvalue weighted by Crippen LogP contribution is 2.29. The number of aryl methyl sites for hydroxylation is 1. The van der Waals surface area contributed by atoms with Gasteiger partial charge in [-0.2, -0.15) is 0 Å². The molecule has 4 rings (SSSR count). The zero-order chi connectivity index (χ0) is 17.4. The van der Waals surface area contributed by atoms with Gasteiger partial charge in [0.25, 0.3) is 0 Å². The van der Waals surface area contributed by atoms with Crippen molar-refractivity contribution in [2.24, 2.45) is 5.92 Å². The first-order chi connectivity index (χ1) is 12.0. The summed E-state index contributed by atoms with van der Waals surface area (Å²) in [5, 5.41) is 6.82. The van der Waals surface area contributed by atoms with Gasteiger partial charge in [0, 0.05) is 19.1 Å². The minimum Gasteiger partial charge on any atom is -0.356 e. The molecule has 0 aromatic carbocycles. The van der Waals surface area contributed by atoms with E-state index in [-0.39, 0.29) is 5.92 Å². The maximum absolute atomic E-state index is 11.6. The number of anilines is 1. The Morgan fingerprint density at radius 1 is 1.28 bits per heavy atom. The molecule has 0 amide bonds. The van der Waals surface area contributed by atoms with Crippen LogP contribution in [0.15, 0.2) is 11.4 Å². The number of nitrogens with one attached hydrogen (secondary N) is 1. The molecular weight excluding hydrogens is 356 g/mol. The lowest BCUT2D eigenvalue weighted by Crippen LogP contribution is -2.44. The van der Waals surface area contributed by atoms with Gasteiger partial charge in [-0.15, -0.1) is 11.3 Å². The first-order valence-electron chi connectivity index (χ1n) is 8.91. The summed E-state index contributed by atoms with van der Waals surface area (Å²) >= 11 is 1.66. The van der Waals surface area contributed by atoms with Gasteiger partial charge in [-0.05, 0) is 50.1 Å². The fraction of sp³-hybridized carbons (Fsp3) is 0.647. The summed E-state index contributed by atoms with van der Waals surface area (Å²) in [4.78, 5) is 12.6. The van der Waals surface area contributed by atoms with Gasteiger partial charge >= 0.3 is 0 Å². The average molecular weight is 381 g/mol. The van der Waals surface area contributed by atoms with Gasteiger partial charge < -0.3 is 10.2 Å². The Bertz CT molecular complexity index is 857. The summed E-state index contributed by atoms with van der Waals surface area (Å²) < 4.78 is 23.1. The molecule has 6 nitrogen and oxygen atoms in total. The van der Waals surface area contributed by atoms with Crippen molar-refractivity contribution in [1.82, 2.24) is 15.3 Å². The summed E-state index contributed by atoms with van der Waals surface area (Å²) in [6.07, 6.45) is 2.94. The van der Waals surface area contributed by atoms with Crippen LogP contribution in [0.2, 0.25) is 0 Å². The van der Waals surface area contributed by atoms with Crippen LogP contribution in [0.25, 0.3) is 10.2 Å². The molecule has 2 fully saturated rings. The second-order valence-corrected chi connectivity index (χ2v) is 10.3. The minimum atomic E-state index is -2.77. The first-order valence-corrected chi connectivity index (χ1v) is 11.6. The molecule has 4 heterocycles. The van der Waals surface area contributed by atoms with Gasteiger partial charge in [0.15, 0.2) is 9.84 Å². The second kappa shape index (κ2) is 6.81. The number of hydrogen-bond acceptors (Lipinski definition) is 7. The van der Waals surface area contributed by atoms with Crippen LogP contribution in [-0.2, 0) is 9.84 Å². The van der Waals surface area contributed by atoms with Crippen LogP contribution in [-0.4, -0.2) is 55.6 Å². The van der Waals surface area contributed by atoms with E-state index in [0.717, 1.165) is 60.8 Å². The Labute approximate surface area is 152 Å². The van der Waals surface area contributed by atoms with Crippen molar-refractivity contribution in [2.75, 3.05) is 36.0 Å². The zero-order valence-corrected chi connectivity index (χ0v) is 16.1. The third-order valence-electron chi connectivity index (χ3n) is 5.23. The van der Waals surface area contributed by atoms with Crippen LogP contribution in [0.4, 0.5) is 5.82 Å². The molecular formula is C17H24N4O2S2. The smallest absolute Gasteiger partial charge is 0.150 e. The minimum absolute atomic E-state index is 0.290. The van der Waals surface area contributed by atoms with Gasteiger partial charge in [-0.1, -0.05) is 0 Å². The van der Waals surface area contributed by atoms with Crippen molar-refractivity contribution in [3.8, 4) is 0 Å². The molecule has 8 heteroatoms. The molecule has 1 unspecified atom stereocenters. The molecule has 0 saturated carbocycles. The highest BCUT2D eigenvalue weighted by Gasteiger charge is 2.29. The van der Waals surface area contributed by atoms with Crippen molar-refractivity contribution in [3.63, 3.8) is 0 Å². The predicted octanol–water partition coefficient (Wildman–Crippen LogP) is 1.99. The third kappa shape index (κ3) is 3.80. The number of hydrogen-bond donors (Lipinski definition) is 1. The summed E-state index contributed by atoms with van der Waals surface area (Å²) in [5.41, 5.74) is 0. The van der Waals surface area contributed by atoms with E-state index >= 15 is 0 Å². The number of piperidine rings is 1. The summed E-state index contributed by atoms with van der Waals surface area (Å²) in [6.45, 7) is 4.72. The Kier molecular flexibility index (Phi) is 4.68. The van der Waals surface area contributed by atoms with Crippen LogP contribution in [0.3, 0.4) is 0 Å². The van der Waals surface area contributed by atoms with Gasteiger partial charge in [-0.25, -0.2) is 18.4 Å². The number of aromatic nitrogens is 2. The van der Waals surface area contributed by atoms with E-state index in [4.69, 9.17) is 0 Å². The van der Waals surface area contributed by atoms with Crippen LogP contribution in [0.1, 0.15) is 25.1 Å². The van der Waals surface area contributed by atoms with E-state index < -0.39 is 9.84 Å². The number of nitrogens with zero attached hydrogens (tertiary/aromatic N) is 3. The van der Waals surface area contributed by atoms with Crippen molar-refractivity contribution >= 4 is 37.2 Å². The zero-order valence-electron chi connectivity index (χ0n) is 14.4. The molecule has 136 valence electrons. The van der Waals surface area contributed by atoms with E-state index in [1.807, 2.05) is 6.92 Å². The molecule has 2 aromatic heterocycles. The fourth-order valence-corrected chi connectivity index (χ4v) is 6.51. The van der Waals surface area contributed by atoms with E-state index in [2.05, 4.69) is 31.6 Å². The summed E-state index contributed by atoms with van der Waals surface area (Å²) in [5.74, 6) is 2.89. The van der Waals surface area contributed by atoms with Crippen molar-refractivity contribution in [1.29, 1.82) is 0 Å². The van der Waals surface area contributed by atoms with Gasteiger partial charge in [-0.3, -0.25) is 0 Å². The predicted molar refractivity (Wildman–Crippen MR) is 102 cm³/mol. The first kappa shape index (κ1) is 17.2. The SMILES string of the molecule is Cc1nc(N2CCC(NCC3CCS(=O)(=O)C3)CC2)c2ccsc2n1. The molecule has 0 aliphatic carbocycles. The average Bonchev–Trinajstić information content (AvgIpc) is 3.18. The maximum Gasteiger partial charge on any atom is 0.150 e. The summed E-state index contributed by atoms with van der Waals surface area (Å²) in [6, 6.07) is 2.58. The fourth-order valence-electron chi connectivity index (χ4n) is 3.85. The van der Waals surface area contributed by atoms with Crippen molar-refractivity contribution < 1.29 is 8.42 Å². The van der Waals surface area contributed by atoms with E-state index in [1.54, 1.807) is 11.3 Å². The van der Waals surface area contributed by atoms with Gasteiger partial charge in [0.2, 0.25) is 0 Å². The number of rotatable bonds is 4. The number of thiophene rings is 1. The van der Waals surface area contributed by atoms with Gasteiger partial charge in [0.05, 0.1) is 16.9 Å². The normalized spacial score (nSPS) is 24.2. The molecule has 2 aliphatic heterocycles.